The zero-order chi connectivity index (χ0) is 33.3. The Labute approximate surface area is 276 Å². The van der Waals surface area contributed by atoms with Crippen molar-refractivity contribution in [2.75, 3.05) is 18.4 Å². The molecule has 2 aromatic heterocycles. The summed E-state index contributed by atoms with van der Waals surface area (Å²) in [5, 5.41) is 7.80. The fraction of sp³-hybridized carbons (Fsp3) is 0.432. The number of rotatable bonds is 7. The van der Waals surface area contributed by atoms with E-state index in [0.29, 0.717) is 19.0 Å². The van der Waals surface area contributed by atoms with Gasteiger partial charge in [-0.3, -0.25) is 19.8 Å². The van der Waals surface area contributed by atoms with Gasteiger partial charge in [-0.25, -0.2) is 4.79 Å². The molecular weight excluding hydrogens is 590 g/mol. The molecule has 246 valence electrons. The van der Waals surface area contributed by atoms with Crippen molar-refractivity contribution >= 4 is 45.8 Å². The van der Waals surface area contributed by atoms with Crippen molar-refractivity contribution in [1.29, 1.82) is 0 Å². The van der Waals surface area contributed by atoms with E-state index in [-0.39, 0.29) is 17.9 Å². The SMILES string of the molecule is CC1C=NC=C(C(Nc2cc(-c3ccc4ccn(C)c4c3)c3nccnc3c2)C2CCN(C(=O)C(C)NC(=O)OC(C)(C)C)CC2)C1. The molecule has 2 aliphatic heterocycles. The molecule has 1 saturated heterocycles. The Hall–Kier alpha value is -4.73. The lowest BCUT2D eigenvalue weighted by molar-refractivity contribution is -0.134. The van der Waals surface area contributed by atoms with E-state index in [0.717, 1.165) is 52.6 Å². The van der Waals surface area contributed by atoms with E-state index in [1.807, 2.05) is 17.3 Å². The Kier molecular flexibility index (Phi) is 9.03. The smallest absolute Gasteiger partial charge is 0.408 e. The van der Waals surface area contributed by atoms with Crippen LogP contribution in [0.15, 0.2) is 71.8 Å². The van der Waals surface area contributed by atoms with E-state index in [4.69, 9.17) is 14.7 Å². The molecule has 3 unspecified atom stereocenters. The lowest BCUT2D eigenvalue weighted by atomic mass is 9.81. The highest BCUT2D eigenvalue weighted by atomic mass is 16.6. The van der Waals surface area contributed by atoms with Crippen LogP contribution in [0.1, 0.15) is 53.9 Å². The second kappa shape index (κ2) is 13.2. The fourth-order valence-electron chi connectivity index (χ4n) is 6.74. The summed E-state index contributed by atoms with van der Waals surface area (Å²) in [6, 6.07) is 12.3. The van der Waals surface area contributed by atoms with Crippen molar-refractivity contribution < 1.29 is 14.3 Å². The summed E-state index contributed by atoms with van der Waals surface area (Å²) in [4.78, 5) is 41.5. The van der Waals surface area contributed by atoms with Crippen LogP contribution in [-0.4, -0.2) is 68.4 Å². The normalized spacial score (nSPS) is 18.6. The standard InChI is InChI=1S/C37H45N7O3/c1-23-17-28(22-38-21-23)33(26-10-15-44(16-11-26)35(45)24(2)41-36(46)47-37(3,4)5)42-29-19-30(34-31(20-29)39-12-13-40-34)27-8-7-25-9-14-43(6)32(25)18-27/h7-9,12-14,18-24,26,33,42H,10-11,15-17H2,1-6H3,(H,41,46). The molecule has 3 atom stereocenters. The van der Waals surface area contributed by atoms with Crippen molar-refractivity contribution in [3.8, 4) is 11.1 Å². The molecule has 0 radical (unpaired) electrons. The van der Waals surface area contributed by atoms with Gasteiger partial charge in [0.05, 0.1) is 17.1 Å². The van der Waals surface area contributed by atoms with Gasteiger partial charge in [-0.1, -0.05) is 19.1 Å². The monoisotopic (exact) mass is 635 g/mol. The molecule has 2 N–H and O–H groups in total. The Morgan fingerprint density at radius 1 is 1.04 bits per heavy atom. The van der Waals surface area contributed by atoms with Gasteiger partial charge >= 0.3 is 6.09 Å². The van der Waals surface area contributed by atoms with E-state index >= 15 is 0 Å². The number of alkyl carbamates (subject to hydrolysis) is 1. The lowest BCUT2D eigenvalue weighted by Crippen LogP contribution is -2.51. The van der Waals surface area contributed by atoms with Crippen LogP contribution in [0, 0.1) is 11.8 Å². The molecule has 4 aromatic rings. The molecule has 2 amide bonds. The number of piperidine rings is 1. The molecule has 0 bridgehead atoms. The summed E-state index contributed by atoms with van der Waals surface area (Å²) in [5.41, 5.74) is 6.56. The van der Waals surface area contributed by atoms with Crippen LogP contribution in [0.5, 0.6) is 0 Å². The largest absolute Gasteiger partial charge is 0.444 e. The second-order valence-electron chi connectivity index (χ2n) is 14.0. The number of nitrogens with zero attached hydrogens (tertiary/aromatic N) is 5. The maximum absolute atomic E-state index is 13.3. The average Bonchev–Trinajstić information content (AvgIpc) is 3.41. The topological polar surface area (TPSA) is 114 Å². The number of aromatic nitrogens is 3. The molecule has 6 rings (SSSR count). The van der Waals surface area contributed by atoms with Crippen molar-refractivity contribution in [3.63, 3.8) is 0 Å². The van der Waals surface area contributed by atoms with Gasteiger partial charge in [0.25, 0.3) is 0 Å². The van der Waals surface area contributed by atoms with E-state index in [9.17, 15) is 9.59 Å². The summed E-state index contributed by atoms with van der Waals surface area (Å²) in [7, 11) is 2.06. The van der Waals surface area contributed by atoms with Crippen molar-refractivity contribution in [2.45, 2.75) is 71.6 Å². The molecule has 1 fully saturated rings. The average molecular weight is 636 g/mol. The van der Waals surface area contributed by atoms with Crippen LogP contribution in [0.3, 0.4) is 0 Å². The summed E-state index contributed by atoms with van der Waals surface area (Å²) in [6.45, 7) is 10.5. The number of likely N-dealkylation sites (tertiary alicyclic amines) is 1. The Morgan fingerprint density at radius 2 is 1.81 bits per heavy atom. The number of ether oxygens (including phenoxy) is 1. The highest BCUT2D eigenvalue weighted by molar-refractivity contribution is 5.97. The van der Waals surface area contributed by atoms with Crippen molar-refractivity contribution in [1.82, 2.24) is 24.8 Å². The molecule has 10 heteroatoms. The third-order valence-electron chi connectivity index (χ3n) is 9.06. The number of aliphatic imine (C=N–C) groups is 1. The van der Waals surface area contributed by atoms with Crippen LogP contribution in [0.2, 0.25) is 0 Å². The van der Waals surface area contributed by atoms with Crippen molar-refractivity contribution in [2.24, 2.45) is 23.9 Å². The van der Waals surface area contributed by atoms with Gasteiger partial charge in [-0.2, -0.15) is 0 Å². The molecular formula is C37H45N7O3. The Balaban J connectivity index is 1.25. The van der Waals surface area contributed by atoms with Gasteiger partial charge in [0, 0.05) is 67.9 Å². The third-order valence-corrected chi connectivity index (χ3v) is 9.06. The molecule has 47 heavy (non-hydrogen) atoms. The van der Waals surface area contributed by atoms with E-state index in [1.165, 1.54) is 11.0 Å². The van der Waals surface area contributed by atoms with Gasteiger partial charge in [-0.05, 0) is 99.6 Å². The fourth-order valence-corrected chi connectivity index (χ4v) is 6.74. The minimum atomic E-state index is -0.668. The molecule has 0 saturated carbocycles. The number of hydrogen-bond donors (Lipinski definition) is 2. The number of anilines is 1. The van der Waals surface area contributed by atoms with Gasteiger partial charge in [0.15, 0.2) is 0 Å². The summed E-state index contributed by atoms with van der Waals surface area (Å²) >= 11 is 0. The molecule has 0 spiro atoms. The highest BCUT2D eigenvalue weighted by Crippen LogP contribution is 2.36. The number of hydrogen-bond acceptors (Lipinski definition) is 7. The predicted octanol–water partition coefficient (Wildman–Crippen LogP) is 6.72. The number of benzene rings is 2. The van der Waals surface area contributed by atoms with Crippen LogP contribution >= 0.6 is 0 Å². The Bertz CT molecular complexity index is 1850. The zero-order valence-corrected chi connectivity index (χ0v) is 28.2. The van der Waals surface area contributed by atoms with E-state index in [2.05, 4.69) is 76.8 Å². The number of carbonyl (C=O) groups excluding carboxylic acids is 2. The van der Waals surface area contributed by atoms with Crippen LogP contribution in [-0.2, 0) is 16.6 Å². The Morgan fingerprint density at radius 3 is 2.55 bits per heavy atom. The lowest BCUT2D eigenvalue weighted by Gasteiger charge is -2.39. The van der Waals surface area contributed by atoms with Gasteiger partial charge in [0.1, 0.15) is 11.6 Å². The summed E-state index contributed by atoms with van der Waals surface area (Å²) in [6.07, 6.45) is 11.5. The van der Waals surface area contributed by atoms with Crippen LogP contribution in [0.4, 0.5) is 10.5 Å². The first-order chi connectivity index (χ1) is 22.4. The summed E-state index contributed by atoms with van der Waals surface area (Å²) < 4.78 is 7.49. The van der Waals surface area contributed by atoms with Crippen molar-refractivity contribution in [3.05, 3.63) is 66.8 Å². The number of carbonyl (C=O) groups is 2. The first-order valence-electron chi connectivity index (χ1n) is 16.5. The number of fused-ring (bicyclic) bond motifs is 2. The number of nitrogens with one attached hydrogen (secondary N) is 2. The minimum absolute atomic E-state index is 0.0294. The van der Waals surface area contributed by atoms with Crippen LogP contribution < -0.4 is 10.6 Å². The zero-order valence-electron chi connectivity index (χ0n) is 28.2. The third kappa shape index (κ3) is 7.32. The van der Waals surface area contributed by atoms with Crippen LogP contribution in [0.25, 0.3) is 33.1 Å². The first-order valence-corrected chi connectivity index (χ1v) is 16.5. The number of amides is 2. The molecule has 10 nitrogen and oxygen atoms in total. The molecule has 0 aliphatic carbocycles. The maximum atomic E-state index is 13.3. The van der Waals surface area contributed by atoms with E-state index < -0.39 is 17.7 Å². The second-order valence-corrected chi connectivity index (χ2v) is 14.0. The minimum Gasteiger partial charge on any atom is -0.444 e. The van der Waals surface area contributed by atoms with Gasteiger partial charge < -0.3 is 24.8 Å². The highest BCUT2D eigenvalue weighted by Gasteiger charge is 2.33. The quantitative estimate of drug-likeness (QED) is 0.233. The van der Waals surface area contributed by atoms with Gasteiger partial charge in [0.2, 0.25) is 5.91 Å². The summed E-state index contributed by atoms with van der Waals surface area (Å²) in [5.74, 6) is 0.526. The van der Waals surface area contributed by atoms with Gasteiger partial charge in [-0.15, -0.1) is 0 Å². The predicted molar refractivity (Wildman–Crippen MR) is 187 cm³/mol. The molecule has 2 aromatic carbocycles. The van der Waals surface area contributed by atoms with E-state index in [1.54, 1.807) is 40.1 Å². The molecule has 4 heterocycles. The maximum Gasteiger partial charge on any atom is 0.408 e. The molecule has 2 aliphatic rings. The number of aryl methyl sites for hydroxylation is 1. The first kappa shape index (κ1) is 32.2.